The molecule has 0 radical (unpaired) electrons. The zero-order chi connectivity index (χ0) is 12.1. The Kier molecular flexibility index (Phi) is 4.07. The van der Waals surface area contributed by atoms with Gasteiger partial charge in [-0.25, -0.2) is 0 Å². The molecule has 3 nitrogen and oxygen atoms in total. The van der Waals surface area contributed by atoms with Crippen LogP contribution in [0.15, 0.2) is 42.9 Å². The minimum absolute atomic E-state index is 0.180. The van der Waals surface area contributed by atoms with Gasteiger partial charge in [-0.2, -0.15) is 0 Å². The fraction of sp³-hybridized carbons (Fsp3) is 0.231. The molecule has 0 amide bonds. The molecule has 1 heterocycles. The summed E-state index contributed by atoms with van der Waals surface area (Å²) in [5, 5.41) is 4.15. The fourth-order valence-electron chi connectivity index (χ4n) is 1.51. The summed E-state index contributed by atoms with van der Waals surface area (Å²) >= 11 is 5.83. The highest BCUT2D eigenvalue weighted by atomic mass is 35.5. The van der Waals surface area contributed by atoms with E-state index in [4.69, 9.17) is 11.6 Å². The smallest absolute Gasteiger partial charge is 0.0753 e. The second-order valence-corrected chi connectivity index (χ2v) is 4.30. The summed E-state index contributed by atoms with van der Waals surface area (Å²) in [5.74, 6) is 0. The monoisotopic (exact) mass is 247 g/mol. The highest BCUT2D eigenvalue weighted by Crippen LogP contribution is 2.11. The van der Waals surface area contributed by atoms with E-state index in [0.717, 1.165) is 17.3 Å². The van der Waals surface area contributed by atoms with Crippen molar-refractivity contribution in [2.45, 2.75) is 19.5 Å². The highest BCUT2D eigenvalue weighted by Gasteiger charge is 2.05. The number of hydrogen-bond donors (Lipinski definition) is 1. The van der Waals surface area contributed by atoms with E-state index < -0.39 is 0 Å². The summed E-state index contributed by atoms with van der Waals surface area (Å²) in [7, 11) is 0. The Morgan fingerprint density at radius 2 is 2.00 bits per heavy atom. The van der Waals surface area contributed by atoms with E-state index in [2.05, 4.69) is 22.2 Å². The molecule has 0 fully saturated rings. The zero-order valence-electron chi connectivity index (χ0n) is 9.60. The van der Waals surface area contributed by atoms with Gasteiger partial charge in [-0.15, -0.1) is 0 Å². The number of nitrogens with one attached hydrogen (secondary N) is 1. The Morgan fingerprint density at radius 1 is 1.24 bits per heavy atom. The molecule has 2 rings (SSSR count). The van der Waals surface area contributed by atoms with Crippen LogP contribution in [-0.4, -0.2) is 9.97 Å². The normalized spacial score (nSPS) is 12.4. The van der Waals surface area contributed by atoms with Crippen molar-refractivity contribution in [2.75, 3.05) is 0 Å². The zero-order valence-corrected chi connectivity index (χ0v) is 10.4. The first-order valence-corrected chi connectivity index (χ1v) is 5.87. The van der Waals surface area contributed by atoms with Crippen molar-refractivity contribution in [3.05, 3.63) is 59.1 Å². The van der Waals surface area contributed by atoms with Gasteiger partial charge < -0.3 is 5.32 Å². The Morgan fingerprint density at radius 3 is 2.65 bits per heavy atom. The average molecular weight is 248 g/mol. The Balaban J connectivity index is 1.92. The topological polar surface area (TPSA) is 37.8 Å². The number of aromatic nitrogens is 2. The van der Waals surface area contributed by atoms with Gasteiger partial charge in [0.25, 0.3) is 0 Å². The van der Waals surface area contributed by atoms with Gasteiger partial charge in [-0.05, 0) is 24.6 Å². The molecule has 0 spiro atoms. The van der Waals surface area contributed by atoms with Crippen molar-refractivity contribution in [1.29, 1.82) is 0 Å². The molecule has 1 N–H and O–H groups in total. The van der Waals surface area contributed by atoms with Crippen molar-refractivity contribution in [3.8, 4) is 0 Å². The third-order valence-electron chi connectivity index (χ3n) is 2.55. The number of benzene rings is 1. The van der Waals surface area contributed by atoms with Gasteiger partial charge in [-0.3, -0.25) is 9.97 Å². The molecular formula is C13H14ClN3. The lowest BCUT2D eigenvalue weighted by Gasteiger charge is -2.12. The predicted octanol–water partition coefficient (Wildman–Crippen LogP) is 2.98. The molecule has 0 aliphatic heterocycles. The van der Waals surface area contributed by atoms with Crippen LogP contribution in [-0.2, 0) is 6.54 Å². The maximum Gasteiger partial charge on any atom is 0.0753 e. The van der Waals surface area contributed by atoms with Crippen molar-refractivity contribution < 1.29 is 0 Å². The molecule has 2 aromatic rings. The van der Waals surface area contributed by atoms with E-state index in [1.807, 2.05) is 24.3 Å². The van der Waals surface area contributed by atoms with Crippen LogP contribution in [0.2, 0.25) is 5.02 Å². The van der Waals surface area contributed by atoms with E-state index in [1.165, 1.54) is 5.56 Å². The molecular weight excluding hydrogens is 234 g/mol. The van der Waals surface area contributed by atoms with Crippen LogP contribution in [0, 0.1) is 0 Å². The minimum atomic E-state index is 0.180. The van der Waals surface area contributed by atoms with Crippen molar-refractivity contribution in [2.24, 2.45) is 0 Å². The lowest BCUT2D eigenvalue weighted by atomic mass is 10.2. The molecule has 1 aromatic carbocycles. The van der Waals surface area contributed by atoms with Crippen molar-refractivity contribution >= 4 is 11.6 Å². The number of rotatable bonds is 4. The second kappa shape index (κ2) is 5.75. The van der Waals surface area contributed by atoms with E-state index >= 15 is 0 Å². The number of halogens is 1. The van der Waals surface area contributed by atoms with Gasteiger partial charge in [0, 0.05) is 36.2 Å². The van der Waals surface area contributed by atoms with Crippen LogP contribution in [0.4, 0.5) is 0 Å². The van der Waals surface area contributed by atoms with Gasteiger partial charge in [0.2, 0.25) is 0 Å². The van der Waals surface area contributed by atoms with Crippen LogP contribution in [0.5, 0.6) is 0 Å². The van der Waals surface area contributed by atoms with E-state index in [0.29, 0.717) is 0 Å². The summed E-state index contributed by atoms with van der Waals surface area (Å²) in [6.45, 7) is 2.86. The maximum atomic E-state index is 5.83. The van der Waals surface area contributed by atoms with Gasteiger partial charge in [0.1, 0.15) is 0 Å². The Labute approximate surface area is 106 Å². The van der Waals surface area contributed by atoms with Crippen LogP contribution in [0.25, 0.3) is 0 Å². The van der Waals surface area contributed by atoms with Gasteiger partial charge in [0.05, 0.1) is 5.69 Å². The highest BCUT2D eigenvalue weighted by molar-refractivity contribution is 6.30. The van der Waals surface area contributed by atoms with Crippen molar-refractivity contribution in [1.82, 2.24) is 15.3 Å². The van der Waals surface area contributed by atoms with Gasteiger partial charge in [0.15, 0.2) is 0 Å². The molecule has 17 heavy (non-hydrogen) atoms. The predicted molar refractivity (Wildman–Crippen MR) is 68.7 cm³/mol. The molecule has 1 aromatic heterocycles. The van der Waals surface area contributed by atoms with E-state index in [1.54, 1.807) is 18.6 Å². The van der Waals surface area contributed by atoms with Gasteiger partial charge in [-0.1, -0.05) is 23.7 Å². The second-order valence-electron chi connectivity index (χ2n) is 3.86. The largest absolute Gasteiger partial charge is 0.305 e. The molecule has 4 heteroatoms. The number of nitrogens with zero attached hydrogens (tertiary/aromatic N) is 2. The lowest BCUT2D eigenvalue weighted by molar-refractivity contribution is 0.559. The Bertz CT molecular complexity index is 456. The number of hydrogen-bond acceptors (Lipinski definition) is 3. The summed E-state index contributed by atoms with van der Waals surface area (Å²) in [5.41, 5.74) is 2.15. The van der Waals surface area contributed by atoms with Crippen LogP contribution >= 0.6 is 11.6 Å². The molecule has 1 atom stereocenters. The summed E-state index contributed by atoms with van der Waals surface area (Å²) < 4.78 is 0. The summed E-state index contributed by atoms with van der Waals surface area (Å²) in [6.07, 6.45) is 5.16. The third-order valence-corrected chi connectivity index (χ3v) is 2.80. The molecule has 1 unspecified atom stereocenters. The molecule has 0 saturated carbocycles. The SMILES string of the molecule is CC(NCc1ccc(Cl)cc1)c1cnccn1. The van der Waals surface area contributed by atoms with Gasteiger partial charge >= 0.3 is 0 Å². The maximum absolute atomic E-state index is 5.83. The van der Waals surface area contributed by atoms with Crippen LogP contribution in [0.3, 0.4) is 0 Å². The van der Waals surface area contributed by atoms with E-state index in [9.17, 15) is 0 Å². The molecule has 0 aliphatic carbocycles. The Hall–Kier alpha value is -1.45. The first-order chi connectivity index (χ1) is 8.25. The average Bonchev–Trinajstić information content (AvgIpc) is 2.39. The fourth-order valence-corrected chi connectivity index (χ4v) is 1.64. The minimum Gasteiger partial charge on any atom is -0.305 e. The van der Waals surface area contributed by atoms with Crippen LogP contribution < -0.4 is 5.32 Å². The molecule has 0 saturated heterocycles. The third kappa shape index (κ3) is 3.51. The molecule has 0 aliphatic rings. The summed E-state index contributed by atoms with van der Waals surface area (Å²) in [6, 6.07) is 7.99. The molecule has 88 valence electrons. The summed E-state index contributed by atoms with van der Waals surface area (Å²) in [4.78, 5) is 8.31. The first kappa shape index (κ1) is 12.0. The quantitative estimate of drug-likeness (QED) is 0.903. The molecule has 0 bridgehead atoms. The first-order valence-electron chi connectivity index (χ1n) is 5.49. The lowest BCUT2D eigenvalue weighted by Crippen LogP contribution is -2.19. The van der Waals surface area contributed by atoms with Crippen molar-refractivity contribution in [3.63, 3.8) is 0 Å². The van der Waals surface area contributed by atoms with E-state index in [-0.39, 0.29) is 6.04 Å². The van der Waals surface area contributed by atoms with Crippen LogP contribution in [0.1, 0.15) is 24.2 Å². The standard InChI is InChI=1S/C13H14ClN3/c1-10(13-9-15-6-7-16-13)17-8-11-2-4-12(14)5-3-11/h2-7,9-10,17H,8H2,1H3.